The Morgan fingerprint density at radius 3 is 2.53 bits per heavy atom. The van der Waals surface area contributed by atoms with E-state index in [2.05, 4.69) is 29.0 Å². The van der Waals surface area contributed by atoms with E-state index in [0.717, 1.165) is 37.1 Å². The highest BCUT2D eigenvalue weighted by Gasteiger charge is 2.26. The zero-order valence-corrected chi connectivity index (χ0v) is 20.8. The van der Waals surface area contributed by atoms with Gasteiger partial charge in [0.05, 0.1) is 15.9 Å². The van der Waals surface area contributed by atoms with E-state index < -0.39 is 10.0 Å². The molecule has 1 saturated heterocycles. The van der Waals surface area contributed by atoms with Crippen molar-refractivity contribution in [3.05, 3.63) is 24.0 Å². The van der Waals surface area contributed by atoms with E-state index in [9.17, 15) is 13.2 Å². The van der Waals surface area contributed by atoms with Gasteiger partial charge < -0.3 is 14.8 Å². The van der Waals surface area contributed by atoms with Gasteiger partial charge in [0.1, 0.15) is 5.82 Å². The van der Waals surface area contributed by atoms with Crippen molar-refractivity contribution < 1.29 is 13.2 Å². The van der Waals surface area contributed by atoms with Gasteiger partial charge in [-0.05, 0) is 50.6 Å². The summed E-state index contributed by atoms with van der Waals surface area (Å²) in [4.78, 5) is 19.4. The maximum atomic E-state index is 13.0. The monoisotopic (exact) mass is 463 g/mol. The van der Waals surface area contributed by atoms with Gasteiger partial charge in [0.25, 0.3) is 0 Å². The third-order valence-electron chi connectivity index (χ3n) is 5.98. The molecule has 0 atom stereocenters. The zero-order valence-electron chi connectivity index (χ0n) is 20.0. The molecular weight excluding hydrogens is 426 g/mol. The average molecular weight is 464 g/mol. The van der Waals surface area contributed by atoms with Crippen molar-refractivity contribution in [2.75, 3.05) is 40.3 Å². The van der Waals surface area contributed by atoms with E-state index in [1.165, 1.54) is 0 Å². The first-order valence-corrected chi connectivity index (χ1v) is 12.8. The van der Waals surface area contributed by atoms with E-state index in [1.807, 2.05) is 31.8 Å². The molecule has 0 radical (unpaired) electrons. The molecule has 8 nitrogen and oxygen atoms in total. The summed E-state index contributed by atoms with van der Waals surface area (Å²) in [6, 6.07) is 5.14. The molecule has 1 aromatic heterocycles. The SMILES string of the molecule is CN(C)CC(C)(C)CNC(=O)CCc1nc2cc(S(=O)(=O)N3CCCCC3)ccc2n1C. The molecular formula is C23H37N5O3S. The molecule has 9 heteroatoms. The van der Waals surface area contributed by atoms with Gasteiger partial charge in [-0.1, -0.05) is 20.3 Å². The zero-order chi connectivity index (χ0) is 23.5. The number of benzene rings is 1. The number of nitrogens with one attached hydrogen (secondary N) is 1. The minimum Gasteiger partial charge on any atom is -0.356 e. The molecule has 1 N–H and O–H groups in total. The Kier molecular flexibility index (Phi) is 7.62. The molecule has 178 valence electrons. The van der Waals surface area contributed by atoms with Crippen LogP contribution in [-0.4, -0.2) is 73.4 Å². The molecule has 1 fully saturated rings. The summed E-state index contributed by atoms with van der Waals surface area (Å²) in [5, 5.41) is 3.03. The molecule has 2 heterocycles. The minimum absolute atomic E-state index is 0.00254. The Morgan fingerprint density at radius 1 is 1.19 bits per heavy atom. The fourth-order valence-electron chi connectivity index (χ4n) is 4.43. The maximum absolute atomic E-state index is 13.0. The summed E-state index contributed by atoms with van der Waals surface area (Å²) in [5.74, 6) is 0.771. The standard InChI is InChI=1S/C23H37N5O3S/c1-23(2,17-26(3)4)16-24-22(29)12-11-21-25-19-15-18(9-10-20(19)27(21)5)32(30,31)28-13-7-6-8-14-28/h9-10,15H,6-8,11-14,16-17H2,1-5H3,(H,24,29). The van der Waals surface area contributed by atoms with Gasteiger partial charge in [0.2, 0.25) is 15.9 Å². The maximum Gasteiger partial charge on any atom is 0.243 e. The second-order valence-corrected chi connectivity index (χ2v) is 11.8. The lowest BCUT2D eigenvalue weighted by molar-refractivity contribution is -0.121. The number of carbonyl (C=O) groups is 1. The van der Waals surface area contributed by atoms with Gasteiger partial charge in [-0.25, -0.2) is 13.4 Å². The summed E-state index contributed by atoms with van der Waals surface area (Å²) in [5.41, 5.74) is 1.51. The molecule has 0 unspecified atom stereocenters. The molecule has 2 aromatic rings. The number of hydrogen-bond acceptors (Lipinski definition) is 5. The quantitative estimate of drug-likeness (QED) is 0.617. The second kappa shape index (κ2) is 9.89. The summed E-state index contributed by atoms with van der Waals surface area (Å²) >= 11 is 0. The van der Waals surface area contributed by atoms with E-state index in [-0.39, 0.29) is 16.2 Å². The van der Waals surface area contributed by atoms with Crippen molar-refractivity contribution in [2.24, 2.45) is 12.5 Å². The topological polar surface area (TPSA) is 87.5 Å². The summed E-state index contributed by atoms with van der Waals surface area (Å²) < 4.78 is 29.5. The highest BCUT2D eigenvalue weighted by molar-refractivity contribution is 7.89. The lowest BCUT2D eigenvalue weighted by Gasteiger charge is -2.28. The van der Waals surface area contributed by atoms with E-state index in [4.69, 9.17) is 0 Å². The first-order valence-electron chi connectivity index (χ1n) is 11.4. The fourth-order valence-corrected chi connectivity index (χ4v) is 5.97. The number of imidazole rings is 1. The average Bonchev–Trinajstić information content (AvgIpc) is 3.05. The second-order valence-electron chi connectivity index (χ2n) is 9.88. The first kappa shape index (κ1) is 24.7. The number of carbonyl (C=O) groups excluding carboxylic acids is 1. The molecule has 0 aliphatic carbocycles. The lowest BCUT2D eigenvalue weighted by Crippen LogP contribution is -2.40. The first-order chi connectivity index (χ1) is 15.0. The molecule has 0 saturated carbocycles. The van der Waals surface area contributed by atoms with Crippen LogP contribution >= 0.6 is 0 Å². The van der Waals surface area contributed by atoms with Gasteiger partial charge >= 0.3 is 0 Å². The minimum atomic E-state index is -3.50. The van der Waals surface area contributed by atoms with Gasteiger partial charge in [-0.15, -0.1) is 0 Å². The van der Waals surface area contributed by atoms with Crippen molar-refractivity contribution in [3.8, 4) is 0 Å². The van der Waals surface area contributed by atoms with Crippen LogP contribution < -0.4 is 5.32 Å². The molecule has 1 aromatic carbocycles. The number of nitrogens with zero attached hydrogens (tertiary/aromatic N) is 4. The Hall–Kier alpha value is -1.97. The van der Waals surface area contributed by atoms with Crippen LogP contribution in [0.4, 0.5) is 0 Å². The Morgan fingerprint density at radius 2 is 1.88 bits per heavy atom. The number of fused-ring (bicyclic) bond motifs is 1. The van der Waals surface area contributed by atoms with Crippen LogP contribution in [0.1, 0.15) is 45.4 Å². The Bertz CT molecular complexity index is 1050. The largest absolute Gasteiger partial charge is 0.356 e. The van der Waals surface area contributed by atoms with E-state index in [0.29, 0.717) is 38.0 Å². The van der Waals surface area contributed by atoms with E-state index >= 15 is 0 Å². The van der Waals surface area contributed by atoms with Crippen molar-refractivity contribution in [1.82, 2.24) is 24.1 Å². The fraction of sp³-hybridized carbons (Fsp3) is 0.652. The number of amides is 1. The van der Waals surface area contributed by atoms with Crippen molar-refractivity contribution >= 4 is 27.0 Å². The van der Waals surface area contributed by atoms with Crippen LogP contribution in [0, 0.1) is 5.41 Å². The number of rotatable bonds is 9. The number of piperidine rings is 1. The molecule has 1 aliphatic rings. The number of aromatic nitrogens is 2. The predicted molar refractivity (Wildman–Crippen MR) is 127 cm³/mol. The number of hydrogen-bond donors (Lipinski definition) is 1. The lowest BCUT2D eigenvalue weighted by atomic mass is 9.93. The highest BCUT2D eigenvalue weighted by atomic mass is 32.2. The van der Waals surface area contributed by atoms with Crippen molar-refractivity contribution in [2.45, 2.75) is 50.8 Å². The highest BCUT2D eigenvalue weighted by Crippen LogP contribution is 2.25. The van der Waals surface area contributed by atoms with Crippen LogP contribution in [0.2, 0.25) is 0 Å². The predicted octanol–water partition coefficient (Wildman–Crippen LogP) is 2.38. The van der Waals surface area contributed by atoms with Gasteiger partial charge in [-0.3, -0.25) is 4.79 Å². The molecule has 3 rings (SSSR count). The number of sulfonamides is 1. The van der Waals surface area contributed by atoms with Crippen LogP contribution in [-0.2, 0) is 28.3 Å². The molecule has 1 amide bonds. The van der Waals surface area contributed by atoms with E-state index in [1.54, 1.807) is 16.4 Å². The van der Waals surface area contributed by atoms with Gasteiger partial charge in [-0.2, -0.15) is 4.31 Å². The third-order valence-corrected chi connectivity index (χ3v) is 7.88. The summed E-state index contributed by atoms with van der Waals surface area (Å²) in [7, 11) is 2.46. The van der Waals surface area contributed by atoms with Crippen LogP contribution in [0.3, 0.4) is 0 Å². The third kappa shape index (κ3) is 5.88. The molecule has 32 heavy (non-hydrogen) atoms. The summed E-state index contributed by atoms with van der Waals surface area (Å²) in [6.45, 7) is 6.93. The normalized spacial score (nSPS) is 16.1. The molecule has 0 bridgehead atoms. The Labute approximate surface area is 192 Å². The Balaban J connectivity index is 1.67. The molecule has 1 aliphatic heterocycles. The van der Waals surface area contributed by atoms with Crippen LogP contribution in [0.5, 0.6) is 0 Å². The van der Waals surface area contributed by atoms with Gasteiger partial charge in [0, 0.05) is 46.1 Å². The number of aryl methyl sites for hydroxylation is 2. The van der Waals surface area contributed by atoms with Crippen molar-refractivity contribution in [1.29, 1.82) is 0 Å². The molecule has 0 spiro atoms. The van der Waals surface area contributed by atoms with Crippen LogP contribution in [0.15, 0.2) is 23.1 Å². The van der Waals surface area contributed by atoms with Crippen molar-refractivity contribution in [3.63, 3.8) is 0 Å². The summed E-state index contributed by atoms with van der Waals surface area (Å²) in [6.07, 6.45) is 3.73. The van der Waals surface area contributed by atoms with Crippen LogP contribution in [0.25, 0.3) is 11.0 Å². The smallest absolute Gasteiger partial charge is 0.243 e. The van der Waals surface area contributed by atoms with Gasteiger partial charge in [0.15, 0.2) is 0 Å².